The Morgan fingerprint density at radius 3 is 2.67 bits per heavy atom. The highest BCUT2D eigenvalue weighted by atomic mass is 32.2. The molecule has 1 amide bonds. The lowest BCUT2D eigenvalue weighted by Gasteiger charge is -2.13. The van der Waals surface area contributed by atoms with Crippen molar-refractivity contribution in [2.45, 2.75) is 24.3 Å². The molecule has 9 heteroatoms. The number of carbonyl (C=O) groups excluding carboxylic acids is 2. The Kier molecular flexibility index (Phi) is 6.56. The van der Waals surface area contributed by atoms with Gasteiger partial charge >= 0.3 is 5.97 Å². The van der Waals surface area contributed by atoms with Crippen molar-refractivity contribution >= 4 is 40.1 Å². The summed E-state index contributed by atoms with van der Waals surface area (Å²) in [4.78, 5) is 23.2. The molecule has 0 unspecified atom stereocenters. The molecule has 1 atom stereocenters. The van der Waals surface area contributed by atoms with E-state index in [1.165, 1.54) is 30.2 Å². The molecule has 0 radical (unpaired) electrons. The first kappa shape index (κ1) is 18.2. The summed E-state index contributed by atoms with van der Waals surface area (Å²) in [6.45, 7) is 3.63. The van der Waals surface area contributed by atoms with E-state index >= 15 is 0 Å². The van der Waals surface area contributed by atoms with E-state index in [4.69, 9.17) is 4.74 Å². The molecule has 0 bridgehead atoms. The third kappa shape index (κ3) is 5.50. The maximum Gasteiger partial charge on any atom is 0.316 e. The number of anilines is 1. The van der Waals surface area contributed by atoms with Gasteiger partial charge in [0.1, 0.15) is 5.75 Å². The fraction of sp³-hybridized carbons (Fsp3) is 0.333. The van der Waals surface area contributed by atoms with Crippen LogP contribution >= 0.6 is 23.1 Å². The SMILES string of the molecule is COC(=O)CSc1nnc(NC(=O)[C@H](C)Oc2ccc(C)cc2)s1. The summed E-state index contributed by atoms with van der Waals surface area (Å²) in [6, 6.07) is 7.45. The number of rotatable bonds is 7. The minimum Gasteiger partial charge on any atom is -0.481 e. The quantitative estimate of drug-likeness (QED) is 0.457. The third-order valence-electron chi connectivity index (χ3n) is 2.88. The zero-order valence-electron chi connectivity index (χ0n) is 13.4. The van der Waals surface area contributed by atoms with Crippen LogP contribution in [-0.4, -0.2) is 41.0 Å². The second kappa shape index (κ2) is 8.65. The number of esters is 1. The molecule has 2 rings (SSSR count). The van der Waals surface area contributed by atoms with Gasteiger partial charge in [-0.05, 0) is 26.0 Å². The van der Waals surface area contributed by atoms with Crippen molar-refractivity contribution in [1.82, 2.24) is 10.2 Å². The number of methoxy groups -OCH3 is 1. The number of aryl methyl sites for hydroxylation is 1. The molecule has 24 heavy (non-hydrogen) atoms. The van der Waals surface area contributed by atoms with Crippen LogP contribution in [0.4, 0.5) is 5.13 Å². The van der Waals surface area contributed by atoms with Crippen LogP contribution in [0.25, 0.3) is 0 Å². The van der Waals surface area contributed by atoms with Crippen LogP contribution in [0, 0.1) is 6.92 Å². The summed E-state index contributed by atoms with van der Waals surface area (Å²) in [5.74, 6) is 0.0958. The zero-order valence-corrected chi connectivity index (χ0v) is 15.1. The number of hydrogen-bond donors (Lipinski definition) is 1. The minimum atomic E-state index is -0.678. The Labute approximate surface area is 147 Å². The molecule has 0 saturated heterocycles. The predicted octanol–water partition coefficient (Wildman–Crippen LogP) is 2.52. The van der Waals surface area contributed by atoms with E-state index in [1.807, 2.05) is 31.2 Å². The molecular weight excluding hydrogens is 350 g/mol. The van der Waals surface area contributed by atoms with E-state index in [0.29, 0.717) is 15.2 Å². The lowest BCUT2D eigenvalue weighted by atomic mass is 10.2. The van der Waals surface area contributed by atoms with Crippen molar-refractivity contribution in [1.29, 1.82) is 0 Å². The van der Waals surface area contributed by atoms with Crippen molar-refractivity contribution in [3.05, 3.63) is 29.8 Å². The van der Waals surface area contributed by atoms with E-state index < -0.39 is 6.10 Å². The summed E-state index contributed by atoms with van der Waals surface area (Å²) in [5, 5.41) is 10.8. The summed E-state index contributed by atoms with van der Waals surface area (Å²) >= 11 is 2.39. The van der Waals surface area contributed by atoms with Crippen LogP contribution in [0.2, 0.25) is 0 Å². The average Bonchev–Trinajstić information content (AvgIpc) is 3.02. The van der Waals surface area contributed by atoms with Gasteiger partial charge in [0.15, 0.2) is 10.4 Å². The number of aromatic nitrogens is 2. The normalized spacial score (nSPS) is 11.6. The largest absolute Gasteiger partial charge is 0.481 e. The fourth-order valence-corrected chi connectivity index (χ4v) is 3.17. The first-order valence-electron chi connectivity index (χ1n) is 7.05. The van der Waals surface area contributed by atoms with Crippen LogP contribution in [-0.2, 0) is 14.3 Å². The Bertz CT molecular complexity index is 703. The lowest BCUT2D eigenvalue weighted by Crippen LogP contribution is -2.30. The van der Waals surface area contributed by atoms with Gasteiger partial charge in [0.25, 0.3) is 5.91 Å². The molecule has 0 fully saturated rings. The minimum absolute atomic E-state index is 0.145. The topological polar surface area (TPSA) is 90.4 Å². The second-order valence-electron chi connectivity index (χ2n) is 4.80. The molecule has 0 saturated carbocycles. The summed E-state index contributed by atoms with van der Waals surface area (Å²) in [5.41, 5.74) is 1.12. The van der Waals surface area contributed by atoms with Crippen molar-refractivity contribution in [2.24, 2.45) is 0 Å². The molecule has 0 spiro atoms. The molecule has 1 aromatic heterocycles. The second-order valence-corrected chi connectivity index (χ2v) is 7.00. The first-order chi connectivity index (χ1) is 11.5. The van der Waals surface area contributed by atoms with Crippen LogP contribution in [0.5, 0.6) is 5.75 Å². The Morgan fingerprint density at radius 2 is 2.00 bits per heavy atom. The molecule has 0 aliphatic carbocycles. The number of nitrogens with one attached hydrogen (secondary N) is 1. The van der Waals surface area contributed by atoms with E-state index in [1.54, 1.807) is 6.92 Å². The Hall–Kier alpha value is -2.13. The van der Waals surface area contributed by atoms with E-state index in [2.05, 4.69) is 20.3 Å². The van der Waals surface area contributed by atoms with Crippen molar-refractivity contribution in [3.63, 3.8) is 0 Å². The number of carbonyl (C=O) groups is 2. The van der Waals surface area contributed by atoms with Gasteiger partial charge in [-0.2, -0.15) is 0 Å². The smallest absolute Gasteiger partial charge is 0.316 e. The molecular formula is C15H17N3O4S2. The van der Waals surface area contributed by atoms with Crippen LogP contribution < -0.4 is 10.1 Å². The van der Waals surface area contributed by atoms with Gasteiger partial charge in [0.05, 0.1) is 12.9 Å². The van der Waals surface area contributed by atoms with Gasteiger partial charge in [-0.1, -0.05) is 40.8 Å². The molecule has 1 aromatic carbocycles. The highest BCUT2D eigenvalue weighted by molar-refractivity contribution is 8.01. The van der Waals surface area contributed by atoms with Gasteiger partial charge in [0.2, 0.25) is 5.13 Å². The van der Waals surface area contributed by atoms with Crippen molar-refractivity contribution in [3.8, 4) is 5.75 Å². The average molecular weight is 367 g/mol. The Morgan fingerprint density at radius 1 is 1.29 bits per heavy atom. The maximum atomic E-state index is 12.1. The standard InChI is InChI=1S/C15H17N3O4S2/c1-9-4-6-11(7-5-9)22-10(2)13(20)16-14-17-18-15(24-14)23-8-12(19)21-3/h4-7,10H,8H2,1-3H3,(H,16,17,20)/t10-/m0/s1. The molecule has 1 heterocycles. The Balaban J connectivity index is 1.86. The highest BCUT2D eigenvalue weighted by Gasteiger charge is 2.17. The zero-order chi connectivity index (χ0) is 17.5. The number of amides is 1. The van der Waals surface area contributed by atoms with Gasteiger partial charge in [-0.3, -0.25) is 14.9 Å². The molecule has 0 aliphatic heterocycles. The maximum absolute atomic E-state index is 12.1. The van der Waals surface area contributed by atoms with Gasteiger partial charge < -0.3 is 9.47 Å². The molecule has 1 N–H and O–H groups in total. The molecule has 0 aliphatic rings. The third-order valence-corrected chi connectivity index (χ3v) is 4.83. The number of thioether (sulfide) groups is 1. The van der Waals surface area contributed by atoms with E-state index in [9.17, 15) is 9.59 Å². The van der Waals surface area contributed by atoms with Gasteiger partial charge in [-0.15, -0.1) is 10.2 Å². The van der Waals surface area contributed by atoms with E-state index in [0.717, 1.165) is 5.56 Å². The van der Waals surface area contributed by atoms with Gasteiger partial charge in [0, 0.05) is 0 Å². The summed E-state index contributed by atoms with van der Waals surface area (Å²) in [7, 11) is 1.32. The predicted molar refractivity (Wildman–Crippen MR) is 92.5 cm³/mol. The molecule has 7 nitrogen and oxygen atoms in total. The summed E-state index contributed by atoms with van der Waals surface area (Å²) < 4.78 is 10.7. The van der Waals surface area contributed by atoms with Crippen LogP contribution in [0.1, 0.15) is 12.5 Å². The number of nitrogens with zero attached hydrogens (tertiary/aromatic N) is 2. The first-order valence-corrected chi connectivity index (χ1v) is 8.85. The lowest BCUT2D eigenvalue weighted by molar-refractivity contribution is -0.137. The van der Waals surface area contributed by atoms with E-state index in [-0.39, 0.29) is 17.6 Å². The summed E-state index contributed by atoms with van der Waals surface area (Å²) in [6.07, 6.45) is -0.678. The van der Waals surface area contributed by atoms with Crippen molar-refractivity contribution in [2.75, 3.05) is 18.2 Å². The van der Waals surface area contributed by atoms with Gasteiger partial charge in [-0.25, -0.2) is 0 Å². The fourth-order valence-electron chi connectivity index (χ4n) is 1.58. The molecule has 128 valence electrons. The molecule has 2 aromatic rings. The van der Waals surface area contributed by atoms with Crippen LogP contribution in [0.3, 0.4) is 0 Å². The number of hydrogen-bond acceptors (Lipinski definition) is 8. The highest BCUT2D eigenvalue weighted by Crippen LogP contribution is 2.25. The van der Waals surface area contributed by atoms with Crippen molar-refractivity contribution < 1.29 is 19.1 Å². The number of ether oxygens (including phenoxy) is 2. The monoisotopic (exact) mass is 367 g/mol. The van der Waals surface area contributed by atoms with Crippen LogP contribution in [0.15, 0.2) is 28.6 Å². The number of benzene rings is 1.